The fourth-order valence-corrected chi connectivity index (χ4v) is 3.16. The number of ether oxygens (including phenoxy) is 2. The molecule has 0 aliphatic heterocycles. The highest BCUT2D eigenvalue weighted by atomic mass is 32.2. The molecule has 0 fully saturated rings. The lowest BCUT2D eigenvalue weighted by molar-refractivity contribution is -0.119. The van der Waals surface area contributed by atoms with E-state index in [1.54, 1.807) is 14.2 Å². The number of benzene rings is 1. The number of carbonyl (C=O) groups excluding carboxylic acids is 1. The van der Waals surface area contributed by atoms with Gasteiger partial charge in [0.1, 0.15) is 0 Å². The van der Waals surface area contributed by atoms with Crippen molar-refractivity contribution in [2.45, 2.75) is 32.9 Å². The van der Waals surface area contributed by atoms with Crippen LogP contribution < -0.4 is 25.6 Å². The summed E-state index contributed by atoms with van der Waals surface area (Å²) in [4.78, 5) is 11.9. The van der Waals surface area contributed by atoms with Crippen LogP contribution >= 0.6 is 24.0 Å². The number of aryl methyl sites for hydroxylation is 1. The molecular formula is C18H29N3O3S2. The van der Waals surface area contributed by atoms with Gasteiger partial charge in [-0.2, -0.15) is 0 Å². The number of thioether (sulfide) groups is 1. The Hall–Kier alpha value is -1.67. The van der Waals surface area contributed by atoms with E-state index in [0.717, 1.165) is 24.1 Å². The van der Waals surface area contributed by atoms with Crippen LogP contribution in [0.4, 0.5) is 0 Å². The summed E-state index contributed by atoms with van der Waals surface area (Å²) < 4.78 is 10.6. The van der Waals surface area contributed by atoms with Crippen LogP contribution in [0.1, 0.15) is 31.4 Å². The maximum Gasteiger partial charge on any atom is 0.248 e. The van der Waals surface area contributed by atoms with E-state index >= 15 is 0 Å². The topological polar surface area (TPSA) is 71.6 Å². The molecule has 0 atom stereocenters. The third-order valence-corrected chi connectivity index (χ3v) is 4.88. The number of amides is 1. The molecule has 1 aromatic rings. The molecule has 0 radical (unpaired) electrons. The van der Waals surface area contributed by atoms with Crippen LogP contribution in [0.5, 0.6) is 11.5 Å². The van der Waals surface area contributed by atoms with Crippen molar-refractivity contribution in [3.63, 3.8) is 0 Å². The molecule has 0 saturated carbocycles. The Balaban J connectivity index is 2.34. The minimum atomic E-state index is -0.124. The molecule has 1 amide bonds. The Morgan fingerprint density at radius 3 is 2.46 bits per heavy atom. The first-order chi connectivity index (χ1) is 12.4. The molecule has 0 aliphatic rings. The SMILES string of the molecule is COc1cc(C)c(CSCC(=O)NNC(=S)NCCC(C)C)cc1OC. The minimum absolute atomic E-state index is 0.124. The van der Waals surface area contributed by atoms with E-state index in [0.29, 0.717) is 34.0 Å². The minimum Gasteiger partial charge on any atom is -0.493 e. The molecule has 8 heteroatoms. The summed E-state index contributed by atoms with van der Waals surface area (Å²) in [5, 5.41) is 3.49. The number of carbonyl (C=O) groups is 1. The number of methoxy groups -OCH3 is 2. The zero-order chi connectivity index (χ0) is 19.5. The number of thiocarbonyl (C=S) groups is 1. The summed E-state index contributed by atoms with van der Waals surface area (Å²) >= 11 is 6.64. The van der Waals surface area contributed by atoms with Crippen molar-refractivity contribution in [3.8, 4) is 11.5 Å². The second-order valence-corrected chi connectivity index (χ2v) is 7.63. The summed E-state index contributed by atoms with van der Waals surface area (Å²) in [7, 11) is 3.23. The first-order valence-corrected chi connectivity index (χ1v) is 10.1. The predicted octanol–water partition coefficient (Wildman–Crippen LogP) is 2.79. The van der Waals surface area contributed by atoms with Gasteiger partial charge in [-0.3, -0.25) is 15.6 Å². The van der Waals surface area contributed by atoms with Gasteiger partial charge in [0.2, 0.25) is 5.91 Å². The summed E-state index contributed by atoms with van der Waals surface area (Å²) in [6, 6.07) is 3.89. The molecule has 3 N–H and O–H groups in total. The molecule has 0 aromatic heterocycles. The first-order valence-electron chi connectivity index (χ1n) is 8.49. The maximum absolute atomic E-state index is 11.9. The van der Waals surface area contributed by atoms with Crippen LogP contribution in [-0.4, -0.2) is 37.5 Å². The van der Waals surface area contributed by atoms with Crippen LogP contribution in [-0.2, 0) is 10.5 Å². The maximum atomic E-state index is 11.9. The van der Waals surface area contributed by atoms with Crippen LogP contribution in [0.3, 0.4) is 0 Å². The third-order valence-electron chi connectivity index (χ3n) is 3.66. The lowest BCUT2D eigenvalue weighted by Gasteiger charge is -2.13. The largest absolute Gasteiger partial charge is 0.493 e. The zero-order valence-corrected chi connectivity index (χ0v) is 17.7. The molecule has 0 saturated heterocycles. The quantitative estimate of drug-likeness (QED) is 0.436. The van der Waals surface area contributed by atoms with Crippen molar-refractivity contribution in [1.82, 2.24) is 16.2 Å². The summed E-state index contributed by atoms with van der Waals surface area (Å²) in [5.74, 6) is 2.92. The monoisotopic (exact) mass is 399 g/mol. The van der Waals surface area contributed by atoms with E-state index in [1.807, 2.05) is 19.1 Å². The number of nitrogens with one attached hydrogen (secondary N) is 3. The molecule has 0 unspecified atom stereocenters. The average Bonchev–Trinajstić information content (AvgIpc) is 2.60. The first kappa shape index (κ1) is 22.4. The van der Waals surface area contributed by atoms with E-state index in [4.69, 9.17) is 21.7 Å². The average molecular weight is 400 g/mol. The molecule has 0 bridgehead atoms. The molecule has 0 aliphatic carbocycles. The van der Waals surface area contributed by atoms with Gasteiger partial charge in [0, 0.05) is 12.3 Å². The van der Waals surface area contributed by atoms with Crippen molar-refractivity contribution >= 4 is 35.0 Å². The van der Waals surface area contributed by atoms with E-state index in [1.165, 1.54) is 11.8 Å². The molecular weight excluding hydrogens is 370 g/mol. The standard InChI is InChI=1S/C18H29N3O3S2/c1-12(2)6-7-19-18(25)21-20-17(22)11-26-10-14-9-16(24-5)15(23-4)8-13(14)3/h8-9,12H,6-7,10-11H2,1-5H3,(H,20,22)(H2,19,21,25). The molecule has 0 heterocycles. The fourth-order valence-electron chi connectivity index (χ4n) is 2.11. The zero-order valence-electron chi connectivity index (χ0n) is 16.1. The normalized spacial score (nSPS) is 10.4. The van der Waals surface area contributed by atoms with Gasteiger partial charge in [-0.15, -0.1) is 11.8 Å². The van der Waals surface area contributed by atoms with Crippen LogP contribution in [0, 0.1) is 12.8 Å². The van der Waals surface area contributed by atoms with Gasteiger partial charge < -0.3 is 14.8 Å². The van der Waals surface area contributed by atoms with Gasteiger partial charge in [0.15, 0.2) is 16.6 Å². The number of hydrogen-bond donors (Lipinski definition) is 3. The van der Waals surface area contributed by atoms with E-state index in [9.17, 15) is 4.79 Å². The highest BCUT2D eigenvalue weighted by Crippen LogP contribution is 2.31. The second-order valence-electron chi connectivity index (χ2n) is 6.24. The van der Waals surface area contributed by atoms with Gasteiger partial charge in [-0.05, 0) is 54.7 Å². The summed E-state index contributed by atoms with van der Waals surface area (Å²) in [5.41, 5.74) is 7.54. The van der Waals surface area contributed by atoms with Crippen molar-refractivity contribution < 1.29 is 14.3 Å². The van der Waals surface area contributed by atoms with Crippen LogP contribution in [0.25, 0.3) is 0 Å². The van der Waals surface area contributed by atoms with Crippen LogP contribution in [0.2, 0.25) is 0 Å². The molecule has 0 spiro atoms. The number of hydrogen-bond acceptors (Lipinski definition) is 5. The number of hydrazine groups is 1. The highest BCUT2D eigenvalue weighted by molar-refractivity contribution is 7.99. The fraction of sp³-hybridized carbons (Fsp3) is 0.556. The summed E-state index contributed by atoms with van der Waals surface area (Å²) in [6.45, 7) is 7.10. The Kier molecular flexibility index (Phi) is 10.2. The molecule has 146 valence electrons. The van der Waals surface area contributed by atoms with Gasteiger partial charge in [0.25, 0.3) is 0 Å². The molecule has 6 nitrogen and oxygen atoms in total. The smallest absolute Gasteiger partial charge is 0.248 e. The Labute approximate surface area is 165 Å². The Morgan fingerprint density at radius 2 is 1.85 bits per heavy atom. The summed E-state index contributed by atoms with van der Waals surface area (Å²) in [6.07, 6.45) is 1.02. The van der Waals surface area contributed by atoms with Gasteiger partial charge >= 0.3 is 0 Å². The molecule has 1 rings (SSSR count). The Morgan fingerprint density at radius 1 is 1.19 bits per heavy atom. The Bertz CT molecular complexity index is 610. The van der Waals surface area contributed by atoms with E-state index in [2.05, 4.69) is 30.0 Å². The lowest BCUT2D eigenvalue weighted by atomic mass is 10.1. The van der Waals surface area contributed by atoms with E-state index < -0.39 is 0 Å². The van der Waals surface area contributed by atoms with Gasteiger partial charge in [-0.25, -0.2) is 0 Å². The number of rotatable bonds is 9. The van der Waals surface area contributed by atoms with Crippen molar-refractivity contribution in [2.75, 3.05) is 26.5 Å². The predicted molar refractivity (Wildman–Crippen MR) is 112 cm³/mol. The molecule has 1 aromatic carbocycles. The lowest BCUT2D eigenvalue weighted by Crippen LogP contribution is -2.47. The van der Waals surface area contributed by atoms with Crippen molar-refractivity contribution in [2.24, 2.45) is 5.92 Å². The van der Waals surface area contributed by atoms with Gasteiger partial charge in [-0.1, -0.05) is 13.8 Å². The van der Waals surface area contributed by atoms with Crippen LogP contribution in [0.15, 0.2) is 12.1 Å². The van der Waals surface area contributed by atoms with Gasteiger partial charge in [0.05, 0.1) is 20.0 Å². The second kappa shape index (κ2) is 11.9. The molecule has 26 heavy (non-hydrogen) atoms. The van der Waals surface area contributed by atoms with Crippen molar-refractivity contribution in [1.29, 1.82) is 0 Å². The highest BCUT2D eigenvalue weighted by Gasteiger charge is 2.10. The van der Waals surface area contributed by atoms with E-state index in [-0.39, 0.29) is 5.91 Å². The third kappa shape index (κ3) is 8.14. The van der Waals surface area contributed by atoms with Crippen molar-refractivity contribution in [3.05, 3.63) is 23.3 Å².